The Labute approximate surface area is 385 Å². The Morgan fingerprint density at radius 1 is 0.274 bits per heavy atom. The lowest BCUT2D eigenvalue weighted by Crippen LogP contribution is -2.27. The highest BCUT2D eigenvalue weighted by Crippen LogP contribution is 2.26. The van der Waals surface area contributed by atoms with Gasteiger partial charge in [0.15, 0.2) is 0 Å². The molecular weight excluding hydrogens is 781 g/mol. The third-order valence-electron chi connectivity index (χ3n) is 7.83. The second-order valence-electron chi connectivity index (χ2n) is 27.9. The first kappa shape index (κ1) is 68.6. The maximum atomic E-state index is 11.5. The summed E-state index contributed by atoms with van der Waals surface area (Å²) in [5, 5.41) is 0. The number of carbonyl (C=O) groups excluding carboxylic acids is 5. The van der Waals surface area contributed by atoms with Crippen molar-refractivity contribution in [1.29, 1.82) is 0 Å². The van der Waals surface area contributed by atoms with Gasteiger partial charge in [-0.15, -0.1) is 0 Å². The van der Waals surface area contributed by atoms with Crippen molar-refractivity contribution in [3.63, 3.8) is 0 Å². The smallest absolute Gasteiger partial charge is 0.311 e. The van der Waals surface area contributed by atoms with Gasteiger partial charge < -0.3 is 18.9 Å². The number of ketones is 1. The van der Waals surface area contributed by atoms with E-state index in [0.717, 1.165) is 19.3 Å². The van der Waals surface area contributed by atoms with E-state index in [1.165, 1.54) is 0 Å². The molecule has 62 heavy (non-hydrogen) atoms. The molecule has 0 aromatic heterocycles. The minimum atomic E-state index is -0.384. The van der Waals surface area contributed by atoms with Crippen LogP contribution < -0.4 is 0 Å². The normalized spacial score (nSPS) is 12.9. The summed E-state index contributed by atoms with van der Waals surface area (Å²) in [5.74, 6) is -0.110. The molecule has 0 atom stereocenters. The Morgan fingerprint density at radius 3 is 0.645 bits per heavy atom. The van der Waals surface area contributed by atoms with Crippen LogP contribution in [0.2, 0.25) is 0 Å². The Kier molecular flexibility index (Phi) is 30.0. The summed E-state index contributed by atoms with van der Waals surface area (Å²) >= 11 is 0. The maximum Gasteiger partial charge on any atom is 0.311 e. The van der Waals surface area contributed by atoms with Crippen LogP contribution in [0.1, 0.15) is 233 Å². The van der Waals surface area contributed by atoms with E-state index < -0.39 is 0 Å². The maximum absolute atomic E-state index is 11.5. The Morgan fingerprint density at radius 2 is 0.484 bits per heavy atom. The number of hydrogen-bond acceptors (Lipinski definition) is 9. The molecule has 0 aliphatic carbocycles. The van der Waals surface area contributed by atoms with E-state index in [2.05, 4.69) is 62.3 Å². The molecule has 0 aromatic carbocycles. The molecule has 9 nitrogen and oxygen atoms in total. The molecule has 0 unspecified atom stereocenters. The Bertz CT molecular complexity index is 1150. The number of hydrogen-bond donors (Lipinski definition) is 0. The Balaban J connectivity index is -0.000000218. The van der Waals surface area contributed by atoms with Crippen molar-refractivity contribution >= 4 is 29.7 Å². The van der Waals surface area contributed by atoms with E-state index in [1.54, 1.807) is 0 Å². The van der Waals surface area contributed by atoms with Crippen LogP contribution in [0.5, 0.6) is 0 Å². The quantitative estimate of drug-likeness (QED) is 0.173. The molecule has 0 spiro atoms. The average Bonchev–Trinajstić information content (AvgIpc) is 2.97. The zero-order chi connectivity index (χ0) is 51.4. The van der Waals surface area contributed by atoms with E-state index in [1.807, 2.05) is 145 Å². The molecule has 0 aromatic rings. The van der Waals surface area contributed by atoms with Gasteiger partial charge in [0.05, 0.1) is 48.1 Å². The van der Waals surface area contributed by atoms with Crippen LogP contribution in [-0.4, -0.2) is 56.1 Å². The number of Topliss-reactive ketones (excluding diaryl/α,β-unsaturated/α-hetero) is 1. The van der Waals surface area contributed by atoms with Crippen LogP contribution in [0.4, 0.5) is 0 Å². The predicted octanol–water partition coefficient (Wildman–Crippen LogP) is 14.7. The van der Waals surface area contributed by atoms with Crippen LogP contribution in [-0.2, 0) is 42.9 Å². The molecule has 0 aliphatic heterocycles. The topological polar surface area (TPSA) is 122 Å². The molecule has 0 radical (unpaired) electrons. The summed E-state index contributed by atoms with van der Waals surface area (Å²) in [6, 6.07) is 0. The van der Waals surface area contributed by atoms with Gasteiger partial charge in [-0.3, -0.25) is 24.0 Å². The van der Waals surface area contributed by atoms with Crippen molar-refractivity contribution in [3.05, 3.63) is 0 Å². The van der Waals surface area contributed by atoms with E-state index in [0.29, 0.717) is 38.6 Å². The zero-order valence-electron chi connectivity index (χ0n) is 46.8. The molecule has 0 saturated carbocycles. The number of carbonyl (C=O) groups is 5. The SMILES string of the molecule is CC(C)(C)CCC(=O)C(C)(C)C.CC(C)(C)CCOC(=O)C(C)(C)C.CC(C)(C)CCOC(=O)C(C)(C)C.CC(C)(C)COC(=O)C(C)(C)C.CC(C)(C)COC(=O)C(C)(C)C. The molecule has 0 amide bonds. The van der Waals surface area contributed by atoms with Crippen LogP contribution in [0.25, 0.3) is 0 Å². The van der Waals surface area contributed by atoms with Gasteiger partial charge in [-0.1, -0.05) is 125 Å². The lowest BCUT2D eigenvalue weighted by Gasteiger charge is -2.22. The molecule has 0 fully saturated rings. The van der Waals surface area contributed by atoms with E-state index in [-0.39, 0.29) is 78.0 Å². The molecule has 0 saturated heterocycles. The summed E-state index contributed by atoms with van der Waals surface area (Å²) in [4.78, 5) is 56.7. The lowest BCUT2D eigenvalue weighted by atomic mass is 9.83. The summed E-state index contributed by atoms with van der Waals surface area (Å²) < 4.78 is 20.6. The van der Waals surface area contributed by atoms with Crippen LogP contribution in [0.15, 0.2) is 0 Å². The van der Waals surface area contributed by atoms with Crippen molar-refractivity contribution in [2.24, 2.45) is 54.1 Å². The largest absolute Gasteiger partial charge is 0.465 e. The van der Waals surface area contributed by atoms with E-state index in [9.17, 15) is 24.0 Å². The molecule has 0 heterocycles. The van der Waals surface area contributed by atoms with Gasteiger partial charge in [0.2, 0.25) is 0 Å². The highest BCUT2D eigenvalue weighted by Gasteiger charge is 2.27. The molecule has 0 rings (SSSR count). The van der Waals surface area contributed by atoms with Crippen LogP contribution in [0, 0.1) is 54.1 Å². The fraction of sp³-hybridized carbons (Fsp3) is 0.906. The standard InChI is InChI=1S/2C11H22O2.C11H22O.2C10H20O2/c2*1-10(2,3)7-8-13-9(12)11(4,5)6;1-10(2,3)8-7-9(12)11(4,5)6;2*1-9(2,3)7-12-8(11)10(4,5)6/h2*7-8H2,1-6H3;7-8H2,1-6H3;2*7H2,1-6H3. The molecule has 0 N–H and O–H groups in total. The molecule has 0 aliphatic rings. The van der Waals surface area contributed by atoms with Gasteiger partial charge in [-0.2, -0.15) is 0 Å². The van der Waals surface area contributed by atoms with Gasteiger partial charge in [0.25, 0.3) is 0 Å². The number of ether oxygens (including phenoxy) is 4. The van der Waals surface area contributed by atoms with Gasteiger partial charge in [-0.05, 0) is 129 Å². The first-order chi connectivity index (χ1) is 26.6. The minimum absolute atomic E-state index is 0.0565. The number of rotatable bonds is 8. The molecule has 372 valence electrons. The zero-order valence-corrected chi connectivity index (χ0v) is 46.8. The summed E-state index contributed by atoms with van der Waals surface area (Å²) in [6.07, 6.45) is 3.53. The predicted molar refractivity (Wildman–Crippen MR) is 262 cm³/mol. The first-order valence-electron chi connectivity index (χ1n) is 22.9. The molecular formula is C53H106O9. The second-order valence-corrected chi connectivity index (χ2v) is 27.9. The van der Waals surface area contributed by atoms with Gasteiger partial charge in [0.1, 0.15) is 5.78 Å². The highest BCUT2D eigenvalue weighted by atomic mass is 16.5. The fourth-order valence-corrected chi connectivity index (χ4v) is 3.19. The van der Waals surface area contributed by atoms with Crippen molar-refractivity contribution in [2.75, 3.05) is 26.4 Å². The van der Waals surface area contributed by atoms with Crippen molar-refractivity contribution in [1.82, 2.24) is 0 Å². The Hall–Kier alpha value is -2.45. The van der Waals surface area contributed by atoms with Crippen molar-refractivity contribution in [2.45, 2.75) is 233 Å². The highest BCUT2D eigenvalue weighted by molar-refractivity contribution is 5.83. The van der Waals surface area contributed by atoms with Gasteiger partial charge in [-0.25, -0.2) is 0 Å². The fourth-order valence-electron chi connectivity index (χ4n) is 3.19. The van der Waals surface area contributed by atoms with Crippen molar-refractivity contribution in [3.8, 4) is 0 Å². The summed E-state index contributed by atoms with van der Waals surface area (Å²) in [7, 11) is 0. The third-order valence-corrected chi connectivity index (χ3v) is 7.83. The number of esters is 4. The van der Waals surface area contributed by atoms with Crippen molar-refractivity contribution < 1.29 is 42.9 Å². The van der Waals surface area contributed by atoms with Crippen LogP contribution >= 0.6 is 0 Å². The van der Waals surface area contributed by atoms with Crippen LogP contribution in [0.3, 0.4) is 0 Å². The minimum Gasteiger partial charge on any atom is -0.465 e. The summed E-state index contributed by atoms with van der Waals surface area (Å²) in [5.41, 5.74) is -0.823. The lowest BCUT2D eigenvalue weighted by molar-refractivity contribution is -0.156. The molecule has 9 heteroatoms. The van der Waals surface area contributed by atoms with Gasteiger partial charge >= 0.3 is 23.9 Å². The third kappa shape index (κ3) is 51.9. The summed E-state index contributed by atoms with van der Waals surface area (Å²) in [6.45, 7) is 61.9. The molecule has 0 bridgehead atoms. The average molecular weight is 887 g/mol. The first-order valence-corrected chi connectivity index (χ1v) is 22.9. The monoisotopic (exact) mass is 887 g/mol. The van der Waals surface area contributed by atoms with Gasteiger partial charge in [0, 0.05) is 11.8 Å². The van der Waals surface area contributed by atoms with E-state index >= 15 is 0 Å². The van der Waals surface area contributed by atoms with E-state index in [4.69, 9.17) is 18.9 Å². The second kappa shape index (κ2) is 27.1.